The van der Waals surface area contributed by atoms with Gasteiger partial charge >= 0.3 is 0 Å². The molecule has 4 N–H and O–H groups in total. The lowest BCUT2D eigenvalue weighted by Gasteiger charge is -2.34. The predicted molar refractivity (Wildman–Crippen MR) is 108 cm³/mol. The molecular weight excluding hydrogens is 372 g/mol. The van der Waals surface area contributed by atoms with Crippen molar-refractivity contribution in [2.24, 2.45) is 0 Å². The van der Waals surface area contributed by atoms with Crippen molar-refractivity contribution in [1.82, 2.24) is 0 Å². The summed E-state index contributed by atoms with van der Waals surface area (Å²) in [6, 6.07) is 16.0. The molecule has 158 valence electrons. The summed E-state index contributed by atoms with van der Waals surface area (Å²) in [4.78, 5) is 0. The zero-order valence-corrected chi connectivity index (χ0v) is 16.6. The molecule has 2 aromatic rings. The molecule has 6 nitrogen and oxygen atoms in total. The molecule has 29 heavy (non-hydrogen) atoms. The van der Waals surface area contributed by atoms with Gasteiger partial charge in [0.05, 0.1) is 24.9 Å². The van der Waals surface area contributed by atoms with E-state index in [1.165, 1.54) is 0 Å². The van der Waals surface area contributed by atoms with Crippen molar-refractivity contribution < 1.29 is 29.9 Å². The maximum Gasteiger partial charge on any atom is 0.125 e. The van der Waals surface area contributed by atoms with Gasteiger partial charge in [0.2, 0.25) is 0 Å². The van der Waals surface area contributed by atoms with Crippen LogP contribution in [0.5, 0.6) is 5.75 Å². The zero-order valence-electron chi connectivity index (χ0n) is 16.6. The van der Waals surface area contributed by atoms with Gasteiger partial charge in [-0.2, -0.15) is 0 Å². The van der Waals surface area contributed by atoms with Crippen LogP contribution in [0.2, 0.25) is 0 Å². The molecule has 0 aliphatic heterocycles. The molecule has 1 saturated carbocycles. The molecule has 0 heterocycles. The van der Waals surface area contributed by atoms with Crippen LogP contribution in [0.3, 0.4) is 0 Å². The van der Waals surface area contributed by atoms with Crippen molar-refractivity contribution in [2.45, 2.75) is 62.8 Å². The Labute approximate surface area is 171 Å². The summed E-state index contributed by atoms with van der Waals surface area (Å²) in [7, 11) is 0. The Morgan fingerprint density at radius 3 is 2.34 bits per heavy atom. The van der Waals surface area contributed by atoms with E-state index in [2.05, 4.69) is 0 Å². The Morgan fingerprint density at radius 2 is 1.66 bits per heavy atom. The molecule has 1 aliphatic rings. The van der Waals surface area contributed by atoms with Crippen LogP contribution >= 0.6 is 0 Å². The third kappa shape index (κ3) is 5.78. The number of hydrogen-bond donors (Lipinski definition) is 4. The van der Waals surface area contributed by atoms with Crippen LogP contribution in [0.4, 0.5) is 0 Å². The Bertz CT molecular complexity index is 752. The van der Waals surface area contributed by atoms with Crippen LogP contribution < -0.4 is 4.74 Å². The van der Waals surface area contributed by atoms with Crippen LogP contribution in [0.15, 0.2) is 54.6 Å². The largest absolute Gasteiger partial charge is 0.488 e. The molecule has 6 unspecified atom stereocenters. The average Bonchev–Trinajstić information content (AvgIpc) is 2.75. The topological polar surface area (TPSA) is 99.4 Å². The second-order valence-corrected chi connectivity index (χ2v) is 7.66. The van der Waals surface area contributed by atoms with Gasteiger partial charge in [-0.1, -0.05) is 42.5 Å². The lowest BCUT2D eigenvalue weighted by molar-refractivity contribution is -0.0942. The molecule has 1 aliphatic carbocycles. The third-order valence-electron chi connectivity index (χ3n) is 5.32. The van der Waals surface area contributed by atoms with Crippen molar-refractivity contribution in [3.63, 3.8) is 0 Å². The highest BCUT2D eigenvalue weighted by Gasteiger charge is 2.32. The summed E-state index contributed by atoms with van der Waals surface area (Å²) in [5.41, 5.74) is 1.18. The molecule has 6 heteroatoms. The molecule has 0 spiro atoms. The van der Waals surface area contributed by atoms with Crippen LogP contribution in [0, 0.1) is 0 Å². The van der Waals surface area contributed by atoms with Crippen molar-refractivity contribution in [3.8, 4) is 5.75 Å². The van der Waals surface area contributed by atoms with Crippen molar-refractivity contribution >= 4 is 0 Å². The summed E-state index contributed by atoms with van der Waals surface area (Å²) in [5, 5.41) is 40.6. The highest BCUT2D eigenvalue weighted by Crippen LogP contribution is 2.32. The molecule has 0 radical (unpaired) electrons. The Morgan fingerprint density at radius 1 is 0.966 bits per heavy atom. The average molecular weight is 402 g/mol. The SMILES string of the molecule is CC(CO)OC1CCC(Oc2cccc(C(O)C(O)c3ccccc3)c2)C(O)C1. The monoisotopic (exact) mass is 402 g/mol. The molecule has 0 aromatic heterocycles. The zero-order chi connectivity index (χ0) is 20.8. The van der Waals surface area contributed by atoms with E-state index in [9.17, 15) is 15.3 Å². The minimum absolute atomic E-state index is 0.0452. The summed E-state index contributed by atoms with van der Waals surface area (Å²) >= 11 is 0. The first-order valence-corrected chi connectivity index (χ1v) is 10.1. The van der Waals surface area contributed by atoms with Crippen LogP contribution in [0.1, 0.15) is 49.5 Å². The summed E-state index contributed by atoms with van der Waals surface area (Å²) in [6.45, 7) is 1.76. The van der Waals surface area contributed by atoms with Crippen LogP contribution in [0.25, 0.3) is 0 Å². The molecule has 1 fully saturated rings. The molecule has 2 aromatic carbocycles. The van der Waals surface area contributed by atoms with E-state index >= 15 is 0 Å². The standard InChI is InChI=1S/C23H30O6/c1-15(14-24)28-19-10-11-21(20(25)13-19)29-18-9-5-8-17(12-18)23(27)22(26)16-6-3-2-4-7-16/h2-9,12,15,19-27H,10-11,13-14H2,1H3. The van der Waals surface area contributed by atoms with Gasteiger partial charge in [-0.3, -0.25) is 0 Å². The Balaban J connectivity index is 1.61. The molecule has 3 rings (SSSR count). The number of aliphatic hydroxyl groups excluding tert-OH is 4. The van der Waals surface area contributed by atoms with Gasteiger partial charge < -0.3 is 29.9 Å². The van der Waals surface area contributed by atoms with Gasteiger partial charge in [-0.05, 0) is 43.0 Å². The second-order valence-electron chi connectivity index (χ2n) is 7.66. The van der Waals surface area contributed by atoms with Crippen molar-refractivity contribution in [3.05, 3.63) is 65.7 Å². The molecule has 0 bridgehead atoms. The van der Waals surface area contributed by atoms with E-state index in [0.717, 1.165) is 6.42 Å². The van der Waals surface area contributed by atoms with E-state index in [1.807, 2.05) is 18.2 Å². The van der Waals surface area contributed by atoms with Gasteiger partial charge in [-0.25, -0.2) is 0 Å². The van der Waals surface area contributed by atoms with E-state index in [0.29, 0.717) is 29.7 Å². The second kappa shape index (κ2) is 10.2. The van der Waals surface area contributed by atoms with Crippen molar-refractivity contribution in [1.29, 1.82) is 0 Å². The summed E-state index contributed by atoms with van der Waals surface area (Å²) in [5.74, 6) is 0.536. The number of hydrogen-bond acceptors (Lipinski definition) is 6. The predicted octanol–water partition coefficient (Wildman–Crippen LogP) is 2.51. The minimum atomic E-state index is -1.09. The van der Waals surface area contributed by atoms with Gasteiger partial charge in [0.15, 0.2) is 0 Å². The summed E-state index contributed by atoms with van der Waals surface area (Å²) < 4.78 is 11.7. The van der Waals surface area contributed by atoms with E-state index < -0.39 is 18.3 Å². The van der Waals surface area contributed by atoms with Gasteiger partial charge in [0.1, 0.15) is 24.1 Å². The number of aliphatic hydroxyl groups is 4. The lowest BCUT2D eigenvalue weighted by atomic mass is 9.92. The fourth-order valence-electron chi connectivity index (χ4n) is 3.68. The molecule has 0 amide bonds. The quantitative estimate of drug-likeness (QED) is 0.542. The molecule has 0 saturated heterocycles. The first kappa shape index (κ1) is 21.7. The van der Waals surface area contributed by atoms with E-state index in [4.69, 9.17) is 14.6 Å². The molecule has 6 atom stereocenters. The number of rotatable bonds is 8. The Kier molecular flexibility index (Phi) is 7.64. The highest BCUT2D eigenvalue weighted by molar-refractivity contribution is 5.32. The van der Waals surface area contributed by atoms with Crippen LogP contribution in [-0.2, 0) is 4.74 Å². The third-order valence-corrected chi connectivity index (χ3v) is 5.32. The van der Waals surface area contributed by atoms with Crippen LogP contribution in [-0.4, -0.2) is 51.4 Å². The van der Waals surface area contributed by atoms with Crippen molar-refractivity contribution in [2.75, 3.05) is 6.61 Å². The fraction of sp³-hybridized carbons (Fsp3) is 0.478. The summed E-state index contributed by atoms with van der Waals surface area (Å²) in [6.07, 6.45) is -1.71. The number of ether oxygens (including phenoxy) is 2. The first-order chi connectivity index (χ1) is 14.0. The molecular formula is C23H30O6. The highest BCUT2D eigenvalue weighted by atomic mass is 16.5. The fourth-order valence-corrected chi connectivity index (χ4v) is 3.68. The van der Waals surface area contributed by atoms with Gasteiger partial charge in [-0.15, -0.1) is 0 Å². The lowest BCUT2D eigenvalue weighted by Crippen LogP contribution is -2.41. The minimum Gasteiger partial charge on any atom is -0.488 e. The maximum absolute atomic E-state index is 10.6. The van der Waals surface area contributed by atoms with E-state index in [-0.39, 0.29) is 24.9 Å². The Hall–Kier alpha value is -1.96. The first-order valence-electron chi connectivity index (χ1n) is 10.1. The maximum atomic E-state index is 10.6. The smallest absolute Gasteiger partial charge is 0.125 e. The van der Waals surface area contributed by atoms with Gasteiger partial charge in [0.25, 0.3) is 0 Å². The van der Waals surface area contributed by atoms with Gasteiger partial charge in [0, 0.05) is 6.42 Å². The number of benzene rings is 2. The normalized spacial score (nSPS) is 25.2. The van der Waals surface area contributed by atoms with E-state index in [1.54, 1.807) is 43.3 Å².